The van der Waals surface area contributed by atoms with Crippen molar-refractivity contribution >= 4 is 23.7 Å². The van der Waals surface area contributed by atoms with Gasteiger partial charge in [-0.1, -0.05) is 6.42 Å². The van der Waals surface area contributed by atoms with Crippen LogP contribution in [-0.2, 0) is 28.7 Å². The molecule has 0 saturated carbocycles. The van der Waals surface area contributed by atoms with E-state index in [0.717, 1.165) is 13.0 Å². The van der Waals surface area contributed by atoms with Crippen LogP contribution in [-0.4, -0.2) is 77.3 Å². The van der Waals surface area contributed by atoms with Gasteiger partial charge in [-0.3, -0.25) is 9.59 Å². The highest BCUT2D eigenvalue weighted by atomic mass is 16.5. The van der Waals surface area contributed by atoms with E-state index in [1.165, 1.54) is 32.4 Å². The zero-order valence-electron chi connectivity index (χ0n) is 17.4. The number of carboxylic acid groups (broad SMARTS) is 2. The van der Waals surface area contributed by atoms with Crippen LogP contribution < -0.4 is 0 Å². The van der Waals surface area contributed by atoms with Crippen LogP contribution in [0.25, 0.3) is 0 Å². The molecule has 2 saturated heterocycles. The van der Waals surface area contributed by atoms with Crippen LogP contribution in [0.5, 0.6) is 0 Å². The summed E-state index contributed by atoms with van der Waals surface area (Å²) in [6.07, 6.45) is 6.09. The first-order valence-electron chi connectivity index (χ1n) is 10.1. The lowest BCUT2D eigenvalue weighted by Gasteiger charge is -2.33. The average Bonchev–Trinajstić information content (AvgIpc) is 2.65. The molecule has 9 heteroatoms. The quantitative estimate of drug-likeness (QED) is 0.362. The average molecular weight is 415 g/mol. The first-order chi connectivity index (χ1) is 13.6. The maximum absolute atomic E-state index is 12.0. The largest absolute Gasteiger partial charge is 0.473 e. The molecule has 0 bridgehead atoms. The Labute approximate surface area is 171 Å². The number of hydrogen-bond donors (Lipinski definition) is 2. The fourth-order valence-corrected chi connectivity index (χ4v) is 3.30. The molecule has 29 heavy (non-hydrogen) atoms. The number of carboxylic acids is 2. The van der Waals surface area contributed by atoms with Gasteiger partial charge in [0.15, 0.2) is 0 Å². The number of ether oxygens (including phenoxy) is 2. The van der Waals surface area contributed by atoms with Crippen molar-refractivity contribution < 1.29 is 38.9 Å². The van der Waals surface area contributed by atoms with Gasteiger partial charge in [0.2, 0.25) is 0 Å². The molecule has 2 rings (SSSR count). The lowest BCUT2D eigenvalue weighted by Crippen LogP contribution is -2.40. The van der Waals surface area contributed by atoms with Crippen molar-refractivity contribution in [3.63, 3.8) is 0 Å². The van der Waals surface area contributed by atoms with Crippen molar-refractivity contribution in [3.05, 3.63) is 0 Å². The molecule has 2 fully saturated rings. The highest BCUT2D eigenvalue weighted by Crippen LogP contribution is 2.27. The van der Waals surface area contributed by atoms with Gasteiger partial charge in [0.05, 0.1) is 18.8 Å². The summed E-state index contributed by atoms with van der Waals surface area (Å²) in [5.41, 5.74) is -0.359. The molecule has 2 N–H and O–H groups in total. The number of Topliss-reactive ketones (excluding diaryl/α,β-unsaturated/α-hetero) is 1. The van der Waals surface area contributed by atoms with Crippen LogP contribution >= 0.6 is 0 Å². The van der Waals surface area contributed by atoms with Gasteiger partial charge in [-0.15, -0.1) is 0 Å². The number of hydrogen-bond acceptors (Lipinski definition) is 7. The molecule has 0 aliphatic carbocycles. The van der Waals surface area contributed by atoms with Crippen molar-refractivity contribution in [3.8, 4) is 0 Å². The first kappa shape index (κ1) is 25.0. The predicted molar refractivity (Wildman–Crippen MR) is 104 cm³/mol. The second-order valence-corrected chi connectivity index (χ2v) is 8.04. The van der Waals surface area contributed by atoms with E-state index < -0.39 is 11.9 Å². The molecule has 9 nitrogen and oxygen atoms in total. The summed E-state index contributed by atoms with van der Waals surface area (Å²) in [7, 11) is 0. The summed E-state index contributed by atoms with van der Waals surface area (Å²) in [6.45, 7) is 8.13. The predicted octanol–water partition coefficient (Wildman–Crippen LogP) is 1.73. The number of esters is 1. The molecule has 2 aliphatic rings. The third kappa shape index (κ3) is 10.9. The van der Waals surface area contributed by atoms with Gasteiger partial charge in [0, 0.05) is 25.3 Å². The van der Waals surface area contributed by atoms with E-state index in [2.05, 4.69) is 4.90 Å². The molecule has 0 aromatic rings. The Kier molecular flexibility index (Phi) is 10.8. The number of nitrogens with zero attached hydrogens (tertiary/aromatic N) is 1. The minimum absolute atomic E-state index is 0.149. The monoisotopic (exact) mass is 415 g/mol. The highest BCUT2D eigenvalue weighted by molar-refractivity contribution is 6.27. The van der Waals surface area contributed by atoms with Gasteiger partial charge in [-0.05, 0) is 52.6 Å². The molecule has 166 valence electrons. The van der Waals surface area contributed by atoms with Crippen molar-refractivity contribution in [2.75, 3.05) is 32.8 Å². The van der Waals surface area contributed by atoms with E-state index in [0.29, 0.717) is 32.5 Å². The molecule has 1 unspecified atom stereocenters. The second kappa shape index (κ2) is 12.5. The Hall–Kier alpha value is -2.00. The maximum Gasteiger partial charge on any atom is 0.414 e. The summed E-state index contributed by atoms with van der Waals surface area (Å²) in [6, 6.07) is 0. The third-order valence-electron chi connectivity index (χ3n) is 4.94. The number of carbonyl (C=O) groups excluding carboxylic acids is 2. The fourth-order valence-electron chi connectivity index (χ4n) is 3.30. The molecule has 2 aliphatic heterocycles. The van der Waals surface area contributed by atoms with E-state index in [1.54, 1.807) is 0 Å². The van der Waals surface area contributed by atoms with E-state index in [-0.39, 0.29) is 23.3 Å². The highest BCUT2D eigenvalue weighted by Gasteiger charge is 2.34. The van der Waals surface area contributed by atoms with Crippen LogP contribution in [0.2, 0.25) is 0 Å². The van der Waals surface area contributed by atoms with Crippen LogP contribution in [0.15, 0.2) is 0 Å². The molecule has 1 atom stereocenters. The van der Waals surface area contributed by atoms with Gasteiger partial charge in [0.1, 0.15) is 5.78 Å². The van der Waals surface area contributed by atoms with Crippen molar-refractivity contribution in [2.45, 2.75) is 64.4 Å². The van der Waals surface area contributed by atoms with Crippen molar-refractivity contribution in [2.24, 2.45) is 5.92 Å². The van der Waals surface area contributed by atoms with Crippen LogP contribution in [0.3, 0.4) is 0 Å². The standard InChI is InChI=1S/C18H31NO4.C2H2O4/c1-18(2)13-16(20)15(14-23-18)7-8-17(21)22-12-6-11-19-9-4-3-5-10-19;3-1(4)2(5)6/h15H,3-14H2,1-2H3;(H,3,4)(H,5,6). The summed E-state index contributed by atoms with van der Waals surface area (Å²) in [5.74, 6) is -3.78. The molecule has 0 aromatic carbocycles. The van der Waals surface area contributed by atoms with Gasteiger partial charge < -0.3 is 24.6 Å². The topological polar surface area (TPSA) is 130 Å². The number of likely N-dealkylation sites (tertiary alicyclic amines) is 1. The lowest BCUT2D eigenvalue weighted by atomic mass is 9.87. The molecule has 2 heterocycles. The summed E-state index contributed by atoms with van der Waals surface area (Å²) in [4.78, 5) is 44.4. The number of piperidine rings is 1. The Balaban J connectivity index is 0.000000612. The number of ketones is 1. The SMILES string of the molecule is CC1(C)CC(=O)C(CCC(=O)OCCCN2CCCCC2)CO1.O=C(O)C(=O)O. The van der Waals surface area contributed by atoms with Crippen molar-refractivity contribution in [1.29, 1.82) is 0 Å². The van der Waals surface area contributed by atoms with E-state index in [4.69, 9.17) is 29.3 Å². The molecule has 0 amide bonds. The second-order valence-electron chi connectivity index (χ2n) is 8.04. The fraction of sp³-hybridized carbons (Fsp3) is 0.800. The molecular weight excluding hydrogens is 382 g/mol. The van der Waals surface area contributed by atoms with Crippen LogP contribution in [0.1, 0.15) is 58.8 Å². The molecule has 0 aromatic heterocycles. The minimum Gasteiger partial charge on any atom is -0.473 e. The summed E-state index contributed by atoms with van der Waals surface area (Å²) in [5, 5.41) is 14.8. The number of carbonyl (C=O) groups is 4. The summed E-state index contributed by atoms with van der Waals surface area (Å²) >= 11 is 0. The Morgan fingerprint density at radius 1 is 1.14 bits per heavy atom. The normalized spacial score (nSPS) is 21.6. The maximum atomic E-state index is 12.0. The molecule has 0 radical (unpaired) electrons. The van der Waals surface area contributed by atoms with E-state index >= 15 is 0 Å². The third-order valence-corrected chi connectivity index (χ3v) is 4.94. The van der Waals surface area contributed by atoms with Gasteiger partial charge >= 0.3 is 17.9 Å². The van der Waals surface area contributed by atoms with E-state index in [1.807, 2.05) is 13.8 Å². The number of aliphatic carboxylic acids is 2. The molecule has 0 spiro atoms. The van der Waals surface area contributed by atoms with Gasteiger partial charge in [-0.2, -0.15) is 0 Å². The Morgan fingerprint density at radius 2 is 1.76 bits per heavy atom. The Bertz CT molecular complexity index is 557. The molecular formula is C20H33NO8. The van der Waals surface area contributed by atoms with Crippen molar-refractivity contribution in [1.82, 2.24) is 4.90 Å². The van der Waals surface area contributed by atoms with Gasteiger partial charge in [0.25, 0.3) is 0 Å². The summed E-state index contributed by atoms with van der Waals surface area (Å²) < 4.78 is 11.0. The van der Waals surface area contributed by atoms with Crippen LogP contribution in [0, 0.1) is 5.92 Å². The lowest BCUT2D eigenvalue weighted by molar-refractivity contribution is -0.159. The van der Waals surface area contributed by atoms with Gasteiger partial charge in [-0.25, -0.2) is 9.59 Å². The zero-order valence-corrected chi connectivity index (χ0v) is 17.4. The van der Waals surface area contributed by atoms with Crippen LogP contribution in [0.4, 0.5) is 0 Å². The number of rotatable bonds is 7. The smallest absolute Gasteiger partial charge is 0.414 e. The first-order valence-corrected chi connectivity index (χ1v) is 10.1. The zero-order chi connectivity index (χ0) is 21.9. The Morgan fingerprint density at radius 3 is 2.31 bits per heavy atom. The van der Waals surface area contributed by atoms with E-state index in [9.17, 15) is 9.59 Å². The minimum atomic E-state index is -1.82.